The van der Waals surface area contributed by atoms with Gasteiger partial charge in [-0.25, -0.2) is 4.98 Å². The lowest BCUT2D eigenvalue weighted by molar-refractivity contribution is 0.0902. The van der Waals surface area contributed by atoms with Gasteiger partial charge in [0, 0.05) is 43.1 Å². The van der Waals surface area contributed by atoms with Crippen LogP contribution in [0.1, 0.15) is 33.6 Å². The number of rotatable bonds is 7. The summed E-state index contributed by atoms with van der Waals surface area (Å²) in [5.41, 5.74) is 16.0. The van der Waals surface area contributed by atoms with Gasteiger partial charge < -0.3 is 25.5 Å². The summed E-state index contributed by atoms with van der Waals surface area (Å²) in [7, 11) is -0.0703. The predicted octanol–water partition coefficient (Wildman–Crippen LogP) is 4.84. The van der Waals surface area contributed by atoms with Crippen LogP contribution < -0.4 is 21.1 Å². The average molecular weight is 498 g/mol. The van der Waals surface area contributed by atoms with Gasteiger partial charge in [-0.2, -0.15) is 0 Å². The maximum atomic E-state index is 6.50. The lowest BCUT2D eigenvalue weighted by Gasteiger charge is -2.49. The summed E-state index contributed by atoms with van der Waals surface area (Å²) in [4.78, 5) is 9.61. The first-order valence-corrected chi connectivity index (χ1v) is 15.7. The van der Waals surface area contributed by atoms with Crippen LogP contribution in [-0.4, -0.2) is 64.1 Å². The highest BCUT2D eigenvalue weighted by molar-refractivity contribution is 6.74. The topological polar surface area (TPSA) is 89.9 Å². The monoisotopic (exact) mass is 497 g/mol. The van der Waals surface area contributed by atoms with Crippen molar-refractivity contribution in [3.05, 3.63) is 30.3 Å². The number of ether oxygens (including phenoxy) is 1. The van der Waals surface area contributed by atoms with Gasteiger partial charge in [-0.05, 0) is 62.1 Å². The van der Waals surface area contributed by atoms with Crippen LogP contribution in [0.2, 0.25) is 18.1 Å². The zero-order valence-electron chi connectivity index (χ0n) is 22.3. The lowest BCUT2D eigenvalue weighted by Crippen LogP contribution is -2.61. The number of methoxy groups -OCH3 is 1. The second-order valence-electron chi connectivity index (χ2n) is 11.7. The fourth-order valence-corrected chi connectivity index (χ4v) is 5.71. The Morgan fingerprint density at radius 1 is 1.06 bits per heavy atom. The standard InChI is InChI=1S/C27H43N5O2Si/c1-27(2,3)35(5,6)34-18-19-11-13-31(14-12-19)22-16-32(17-22)21-9-7-20(8-10-21)26-25(29)23(28)15-24(30-26)33-4/h7-10,15,19,22H,11-14,16-18,29H2,1-6H3,(H2,28,30). The number of nitrogens with two attached hydrogens (primary N) is 2. The molecule has 2 aliphatic heterocycles. The zero-order chi connectivity index (χ0) is 25.4. The molecule has 4 N–H and O–H groups in total. The third-order valence-corrected chi connectivity index (χ3v) is 12.8. The number of nitrogen functional groups attached to an aromatic ring is 2. The van der Waals surface area contributed by atoms with Crippen LogP contribution in [0.15, 0.2) is 30.3 Å². The van der Waals surface area contributed by atoms with E-state index in [1.165, 1.54) is 31.6 Å². The Balaban J connectivity index is 1.26. The van der Waals surface area contributed by atoms with Gasteiger partial charge in [0.05, 0.1) is 24.2 Å². The molecule has 4 rings (SSSR count). The fourth-order valence-electron chi connectivity index (χ4n) is 4.63. The molecule has 8 heteroatoms. The van der Waals surface area contributed by atoms with Crippen LogP contribution in [0.3, 0.4) is 0 Å². The van der Waals surface area contributed by atoms with Crippen molar-refractivity contribution in [3.63, 3.8) is 0 Å². The van der Waals surface area contributed by atoms with Gasteiger partial charge in [-0.1, -0.05) is 32.9 Å². The second-order valence-corrected chi connectivity index (χ2v) is 16.5. The first-order chi connectivity index (χ1) is 16.5. The summed E-state index contributed by atoms with van der Waals surface area (Å²) >= 11 is 0. The molecule has 0 spiro atoms. The van der Waals surface area contributed by atoms with E-state index in [2.05, 4.69) is 72.9 Å². The van der Waals surface area contributed by atoms with Crippen molar-refractivity contribution >= 4 is 25.4 Å². The molecule has 7 nitrogen and oxygen atoms in total. The summed E-state index contributed by atoms with van der Waals surface area (Å²) in [6.45, 7) is 17.1. The van der Waals surface area contributed by atoms with Crippen LogP contribution in [0.4, 0.5) is 17.1 Å². The lowest BCUT2D eigenvalue weighted by atomic mass is 9.94. The highest BCUT2D eigenvalue weighted by atomic mass is 28.4. The van der Waals surface area contributed by atoms with E-state index in [1.807, 2.05) is 0 Å². The van der Waals surface area contributed by atoms with Crippen molar-refractivity contribution in [2.24, 2.45) is 5.92 Å². The number of aromatic nitrogens is 1. The maximum Gasteiger partial charge on any atom is 0.215 e. The molecule has 2 fully saturated rings. The Bertz CT molecular complexity index is 1010. The minimum Gasteiger partial charge on any atom is -0.481 e. The van der Waals surface area contributed by atoms with Crippen molar-refractivity contribution in [1.29, 1.82) is 0 Å². The molecule has 0 bridgehead atoms. The van der Waals surface area contributed by atoms with Gasteiger partial charge in [0.25, 0.3) is 0 Å². The average Bonchev–Trinajstić information content (AvgIpc) is 2.79. The molecule has 3 heterocycles. The molecule has 0 atom stereocenters. The number of hydrogen-bond donors (Lipinski definition) is 2. The Labute approximate surface area is 211 Å². The van der Waals surface area contributed by atoms with E-state index in [0.29, 0.717) is 34.9 Å². The molecule has 0 unspecified atom stereocenters. The first kappa shape index (κ1) is 25.8. The summed E-state index contributed by atoms with van der Waals surface area (Å²) < 4.78 is 11.8. The van der Waals surface area contributed by atoms with Crippen LogP contribution in [0.5, 0.6) is 5.88 Å². The highest BCUT2D eigenvalue weighted by Crippen LogP contribution is 2.38. The minimum atomic E-state index is -1.65. The van der Waals surface area contributed by atoms with Gasteiger partial charge in [0.15, 0.2) is 8.32 Å². The van der Waals surface area contributed by atoms with Crippen molar-refractivity contribution < 1.29 is 9.16 Å². The Kier molecular flexibility index (Phi) is 7.36. The summed E-state index contributed by atoms with van der Waals surface area (Å²) in [5, 5.41) is 0.283. The first-order valence-electron chi connectivity index (χ1n) is 12.8. The van der Waals surface area contributed by atoms with Crippen molar-refractivity contribution in [2.75, 3.05) is 56.3 Å². The van der Waals surface area contributed by atoms with E-state index in [9.17, 15) is 0 Å². The summed E-state index contributed by atoms with van der Waals surface area (Å²) in [6, 6.07) is 10.7. The van der Waals surface area contributed by atoms with E-state index in [1.54, 1.807) is 13.2 Å². The molecule has 0 aliphatic carbocycles. The third kappa shape index (κ3) is 5.60. The molecular weight excluding hydrogens is 454 g/mol. The maximum absolute atomic E-state index is 6.50. The van der Waals surface area contributed by atoms with Crippen LogP contribution in [0.25, 0.3) is 11.3 Å². The second kappa shape index (κ2) is 9.99. The largest absolute Gasteiger partial charge is 0.481 e. The predicted molar refractivity (Wildman–Crippen MR) is 148 cm³/mol. The Hall–Kier alpha value is -2.29. The Morgan fingerprint density at radius 2 is 1.69 bits per heavy atom. The molecular formula is C27H43N5O2Si. The van der Waals surface area contributed by atoms with E-state index in [0.717, 1.165) is 25.3 Å². The molecule has 0 saturated carbocycles. The molecule has 1 aromatic heterocycles. The van der Waals surface area contributed by atoms with Gasteiger partial charge in [-0.3, -0.25) is 4.90 Å². The zero-order valence-corrected chi connectivity index (χ0v) is 23.3. The van der Waals surface area contributed by atoms with Crippen molar-refractivity contribution in [1.82, 2.24) is 9.88 Å². The van der Waals surface area contributed by atoms with Gasteiger partial charge in [0.2, 0.25) is 5.88 Å². The quantitative estimate of drug-likeness (QED) is 0.529. The van der Waals surface area contributed by atoms with E-state index < -0.39 is 8.32 Å². The number of nitrogens with zero attached hydrogens (tertiary/aromatic N) is 3. The minimum absolute atomic E-state index is 0.283. The SMILES string of the molecule is COc1cc(N)c(N)c(-c2ccc(N3CC(N4CCC(CO[Si](C)(C)C(C)(C)C)CC4)C3)cc2)n1. The molecule has 2 aromatic rings. The Morgan fingerprint density at radius 3 is 2.26 bits per heavy atom. The van der Waals surface area contributed by atoms with Crippen LogP contribution in [-0.2, 0) is 4.43 Å². The molecule has 192 valence electrons. The molecule has 0 amide bonds. The van der Waals surface area contributed by atoms with Gasteiger partial charge in [-0.15, -0.1) is 0 Å². The molecule has 1 aromatic carbocycles. The van der Waals surface area contributed by atoms with E-state index in [4.69, 9.17) is 20.6 Å². The molecule has 35 heavy (non-hydrogen) atoms. The van der Waals surface area contributed by atoms with Crippen molar-refractivity contribution in [3.8, 4) is 17.1 Å². The number of anilines is 3. The van der Waals surface area contributed by atoms with Crippen LogP contribution >= 0.6 is 0 Å². The summed E-state index contributed by atoms with van der Waals surface area (Å²) in [6.07, 6.45) is 2.50. The number of pyridine rings is 1. The number of likely N-dealkylation sites (tertiary alicyclic amines) is 1. The van der Waals surface area contributed by atoms with E-state index >= 15 is 0 Å². The molecule has 0 radical (unpaired) electrons. The normalized spacial score (nSPS) is 18.5. The smallest absolute Gasteiger partial charge is 0.215 e. The van der Waals surface area contributed by atoms with Crippen LogP contribution in [0, 0.1) is 5.92 Å². The van der Waals surface area contributed by atoms with E-state index in [-0.39, 0.29) is 5.04 Å². The molecule has 2 saturated heterocycles. The third-order valence-electron chi connectivity index (χ3n) is 8.30. The van der Waals surface area contributed by atoms with Crippen molar-refractivity contribution in [2.45, 2.75) is 57.8 Å². The molecule has 2 aliphatic rings. The number of benzene rings is 1. The summed E-state index contributed by atoms with van der Waals surface area (Å²) in [5.74, 6) is 1.17. The van der Waals surface area contributed by atoms with Gasteiger partial charge >= 0.3 is 0 Å². The highest BCUT2D eigenvalue weighted by Gasteiger charge is 2.38. The number of hydrogen-bond acceptors (Lipinski definition) is 7. The fraction of sp³-hybridized carbons (Fsp3) is 0.593. The number of piperidine rings is 1. The van der Waals surface area contributed by atoms with Gasteiger partial charge in [0.1, 0.15) is 0 Å².